The number of hydrogen-bond acceptors (Lipinski definition) is 4. The molecule has 0 aliphatic heterocycles. The summed E-state index contributed by atoms with van der Waals surface area (Å²) in [6.07, 6.45) is 4.46. The van der Waals surface area contributed by atoms with Crippen LogP contribution in [-0.2, 0) is 24.8 Å². The van der Waals surface area contributed by atoms with Crippen LogP contribution in [0.3, 0.4) is 0 Å². The largest absolute Gasteiger partial charge is 0.453 e. The van der Waals surface area contributed by atoms with Crippen LogP contribution in [0.15, 0.2) is 28.9 Å². The fourth-order valence-corrected chi connectivity index (χ4v) is 1.73. The van der Waals surface area contributed by atoms with Gasteiger partial charge in [0.1, 0.15) is 12.4 Å². The zero-order valence-corrected chi connectivity index (χ0v) is 11.0. The van der Waals surface area contributed by atoms with E-state index in [-0.39, 0.29) is 5.91 Å². The Morgan fingerprint density at radius 1 is 1.53 bits per heavy atom. The molecular formula is C13H17N3O3. The molecule has 0 unspecified atom stereocenters. The van der Waals surface area contributed by atoms with Gasteiger partial charge in [0.05, 0.1) is 6.20 Å². The predicted molar refractivity (Wildman–Crippen MR) is 68.7 cm³/mol. The Bertz CT molecular complexity index is 545. The van der Waals surface area contributed by atoms with E-state index in [0.29, 0.717) is 24.7 Å². The number of aryl methyl sites for hydroxylation is 1. The van der Waals surface area contributed by atoms with E-state index < -0.39 is 0 Å². The number of nitrogens with zero attached hydrogens (tertiary/aromatic N) is 2. The van der Waals surface area contributed by atoms with Crippen molar-refractivity contribution in [2.75, 3.05) is 13.7 Å². The summed E-state index contributed by atoms with van der Waals surface area (Å²) in [7, 11) is 3.44. The third-order valence-electron chi connectivity index (χ3n) is 2.63. The summed E-state index contributed by atoms with van der Waals surface area (Å²) < 4.78 is 12.0. The number of furan rings is 1. The van der Waals surface area contributed by atoms with Gasteiger partial charge in [-0.3, -0.25) is 9.48 Å². The highest BCUT2D eigenvalue weighted by Crippen LogP contribution is 2.08. The van der Waals surface area contributed by atoms with E-state index in [1.54, 1.807) is 30.1 Å². The topological polar surface area (TPSA) is 69.3 Å². The second-order valence-corrected chi connectivity index (χ2v) is 4.23. The molecular weight excluding hydrogens is 246 g/mol. The standard InChI is InChI=1S/C13H17N3O3/c1-16-8-10(7-15-16)5-6-14-13(17)12-4-3-11(19-12)9-18-2/h3-4,7-8H,5-6,9H2,1-2H3,(H,14,17). The smallest absolute Gasteiger partial charge is 0.287 e. The fraction of sp³-hybridized carbons (Fsp3) is 0.385. The zero-order chi connectivity index (χ0) is 13.7. The van der Waals surface area contributed by atoms with Gasteiger partial charge in [-0.25, -0.2) is 0 Å². The minimum Gasteiger partial charge on any atom is -0.453 e. The number of carbonyl (C=O) groups excluding carboxylic acids is 1. The number of amides is 1. The number of ether oxygens (including phenoxy) is 1. The first-order valence-electron chi connectivity index (χ1n) is 6.02. The Morgan fingerprint density at radius 2 is 2.37 bits per heavy atom. The Morgan fingerprint density at radius 3 is 3.05 bits per heavy atom. The average Bonchev–Trinajstić information content (AvgIpc) is 2.99. The van der Waals surface area contributed by atoms with E-state index in [9.17, 15) is 4.79 Å². The van der Waals surface area contributed by atoms with Crippen LogP contribution in [-0.4, -0.2) is 29.3 Å². The van der Waals surface area contributed by atoms with E-state index in [4.69, 9.17) is 9.15 Å². The molecule has 0 aliphatic rings. The first-order chi connectivity index (χ1) is 9.19. The molecule has 0 aliphatic carbocycles. The van der Waals surface area contributed by atoms with Gasteiger partial charge >= 0.3 is 0 Å². The molecule has 0 saturated carbocycles. The molecule has 102 valence electrons. The molecule has 19 heavy (non-hydrogen) atoms. The number of methoxy groups -OCH3 is 1. The van der Waals surface area contributed by atoms with Crippen LogP contribution in [0.5, 0.6) is 0 Å². The summed E-state index contributed by atoms with van der Waals surface area (Å²) in [5.74, 6) is 0.726. The zero-order valence-electron chi connectivity index (χ0n) is 11.0. The Balaban J connectivity index is 1.80. The lowest BCUT2D eigenvalue weighted by atomic mass is 10.2. The van der Waals surface area contributed by atoms with Crippen LogP contribution in [0.1, 0.15) is 21.9 Å². The molecule has 2 aromatic heterocycles. The number of carbonyl (C=O) groups is 1. The van der Waals surface area contributed by atoms with E-state index in [1.807, 2.05) is 13.2 Å². The molecule has 0 radical (unpaired) electrons. The lowest BCUT2D eigenvalue weighted by molar-refractivity contribution is 0.0917. The summed E-state index contributed by atoms with van der Waals surface area (Å²) in [4.78, 5) is 11.8. The second-order valence-electron chi connectivity index (χ2n) is 4.23. The summed E-state index contributed by atoms with van der Waals surface area (Å²) in [6.45, 7) is 0.911. The van der Waals surface area contributed by atoms with Gasteiger partial charge in [0.15, 0.2) is 5.76 Å². The lowest BCUT2D eigenvalue weighted by Crippen LogP contribution is -2.25. The summed E-state index contributed by atoms with van der Waals surface area (Å²) in [6, 6.07) is 3.38. The van der Waals surface area contributed by atoms with Gasteiger partial charge in [0, 0.05) is 26.9 Å². The monoisotopic (exact) mass is 263 g/mol. The van der Waals surface area contributed by atoms with Crippen molar-refractivity contribution in [1.82, 2.24) is 15.1 Å². The lowest BCUT2D eigenvalue weighted by Gasteiger charge is -2.01. The van der Waals surface area contributed by atoms with Crippen molar-refractivity contribution in [1.29, 1.82) is 0 Å². The van der Waals surface area contributed by atoms with E-state index in [2.05, 4.69) is 10.4 Å². The van der Waals surface area contributed by atoms with Crippen LogP contribution in [0, 0.1) is 0 Å². The molecule has 2 aromatic rings. The Kier molecular flexibility index (Phi) is 4.35. The van der Waals surface area contributed by atoms with Gasteiger partial charge in [-0.1, -0.05) is 0 Å². The second kappa shape index (κ2) is 6.19. The van der Waals surface area contributed by atoms with Crippen molar-refractivity contribution in [3.63, 3.8) is 0 Å². The maximum atomic E-state index is 11.8. The normalized spacial score (nSPS) is 10.6. The molecule has 6 nitrogen and oxygen atoms in total. The van der Waals surface area contributed by atoms with Crippen LogP contribution < -0.4 is 5.32 Å². The quantitative estimate of drug-likeness (QED) is 0.848. The highest BCUT2D eigenvalue weighted by Gasteiger charge is 2.10. The van der Waals surface area contributed by atoms with Gasteiger partial charge in [-0.05, 0) is 24.1 Å². The fourth-order valence-electron chi connectivity index (χ4n) is 1.73. The number of rotatable bonds is 6. The van der Waals surface area contributed by atoms with Crippen LogP contribution in [0.2, 0.25) is 0 Å². The summed E-state index contributed by atoms with van der Waals surface area (Å²) in [5, 5.41) is 6.87. The van der Waals surface area contributed by atoms with Gasteiger partial charge < -0.3 is 14.5 Å². The molecule has 0 saturated heterocycles. The van der Waals surface area contributed by atoms with Crippen molar-refractivity contribution in [2.45, 2.75) is 13.0 Å². The molecule has 2 heterocycles. The van der Waals surface area contributed by atoms with E-state index in [0.717, 1.165) is 12.0 Å². The number of hydrogen-bond donors (Lipinski definition) is 1. The first-order valence-corrected chi connectivity index (χ1v) is 6.02. The van der Waals surface area contributed by atoms with Crippen molar-refractivity contribution in [3.05, 3.63) is 41.6 Å². The molecule has 0 bridgehead atoms. The summed E-state index contributed by atoms with van der Waals surface area (Å²) in [5.41, 5.74) is 1.09. The minimum absolute atomic E-state index is 0.216. The van der Waals surface area contributed by atoms with Crippen molar-refractivity contribution >= 4 is 5.91 Å². The van der Waals surface area contributed by atoms with Gasteiger partial charge in [0.2, 0.25) is 0 Å². The molecule has 0 aromatic carbocycles. The summed E-state index contributed by atoms with van der Waals surface area (Å²) >= 11 is 0. The Hall–Kier alpha value is -2.08. The van der Waals surface area contributed by atoms with Gasteiger partial charge in [0.25, 0.3) is 5.91 Å². The predicted octanol–water partition coefficient (Wildman–Crippen LogP) is 1.13. The Labute approximate surface area is 111 Å². The van der Waals surface area contributed by atoms with Crippen molar-refractivity contribution in [3.8, 4) is 0 Å². The van der Waals surface area contributed by atoms with Crippen LogP contribution in [0.4, 0.5) is 0 Å². The first kappa shape index (κ1) is 13.4. The molecule has 1 N–H and O–H groups in total. The number of nitrogens with one attached hydrogen (secondary N) is 1. The molecule has 0 spiro atoms. The molecule has 2 rings (SSSR count). The van der Waals surface area contributed by atoms with E-state index >= 15 is 0 Å². The SMILES string of the molecule is COCc1ccc(C(=O)NCCc2cnn(C)c2)o1. The molecule has 0 fully saturated rings. The third-order valence-corrected chi connectivity index (χ3v) is 2.63. The maximum absolute atomic E-state index is 11.8. The molecule has 1 amide bonds. The highest BCUT2D eigenvalue weighted by atomic mass is 16.5. The minimum atomic E-state index is -0.216. The number of aromatic nitrogens is 2. The van der Waals surface area contributed by atoms with Gasteiger partial charge in [-0.2, -0.15) is 5.10 Å². The molecule has 6 heteroatoms. The van der Waals surface area contributed by atoms with Crippen molar-refractivity contribution < 1.29 is 13.9 Å². The van der Waals surface area contributed by atoms with Gasteiger partial charge in [-0.15, -0.1) is 0 Å². The maximum Gasteiger partial charge on any atom is 0.287 e. The van der Waals surface area contributed by atoms with Crippen molar-refractivity contribution in [2.24, 2.45) is 7.05 Å². The average molecular weight is 263 g/mol. The highest BCUT2D eigenvalue weighted by molar-refractivity contribution is 5.91. The van der Waals surface area contributed by atoms with Crippen LogP contribution >= 0.6 is 0 Å². The van der Waals surface area contributed by atoms with E-state index in [1.165, 1.54) is 0 Å². The molecule has 0 atom stereocenters. The van der Waals surface area contributed by atoms with Crippen LogP contribution in [0.25, 0.3) is 0 Å². The third kappa shape index (κ3) is 3.69.